The van der Waals surface area contributed by atoms with Gasteiger partial charge in [0.2, 0.25) is 5.91 Å². The smallest absolute Gasteiger partial charge is 0.328 e. The highest BCUT2D eigenvalue weighted by atomic mass is 16.4. The zero-order chi connectivity index (χ0) is 15.6. The number of hydrogen-bond acceptors (Lipinski definition) is 4. The highest BCUT2D eigenvalue weighted by molar-refractivity contribution is 5.99. The molecule has 1 unspecified atom stereocenters. The van der Waals surface area contributed by atoms with Crippen molar-refractivity contribution in [1.29, 1.82) is 0 Å². The third-order valence-corrected chi connectivity index (χ3v) is 3.44. The van der Waals surface area contributed by atoms with Crippen LogP contribution in [0.15, 0.2) is 6.07 Å². The van der Waals surface area contributed by atoms with Crippen molar-refractivity contribution in [3.05, 3.63) is 17.5 Å². The number of aliphatic carboxylic acids is 1. The van der Waals surface area contributed by atoms with Gasteiger partial charge in [-0.3, -0.25) is 14.3 Å². The van der Waals surface area contributed by atoms with Gasteiger partial charge in [0.15, 0.2) is 0 Å². The van der Waals surface area contributed by atoms with E-state index in [2.05, 4.69) is 10.4 Å². The van der Waals surface area contributed by atoms with Gasteiger partial charge in [0.1, 0.15) is 18.3 Å². The SMILES string of the molecule is CCc1cc(C(=O)N2CC(=O)NCC2C(=O)O)n(CC)n1. The molecule has 2 amide bonds. The van der Waals surface area contributed by atoms with E-state index in [1.54, 1.807) is 6.07 Å². The van der Waals surface area contributed by atoms with E-state index in [4.69, 9.17) is 0 Å². The summed E-state index contributed by atoms with van der Waals surface area (Å²) in [6, 6.07) is 0.595. The Kier molecular flexibility index (Phi) is 4.25. The summed E-state index contributed by atoms with van der Waals surface area (Å²) in [7, 11) is 0. The fraction of sp³-hybridized carbons (Fsp3) is 0.538. The van der Waals surface area contributed by atoms with Crippen molar-refractivity contribution in [1.82, 2.24) is 20.0 Å². The number of nitrogens with zero attached hydrogens (tertiary/aromatic N) is 3. The third kappa shape index (κ3) is 2.88. The number of aromatic nitrogens is 2. The molecule has 0 aromatic carbocycles. The number of carbonyl (C=O) groups excluding carboxylic acids is 2. The topological polar surface area (TPSA) is 105 Å². The van der Waals surface area contributed by atoms with Crippen molar-refractivity contribution in [2.75, 3.05) is 13.1 Å². The molecule has 0 spiro atoms. The highest BCUT2D eigenvalue weighted by Gasteiger charge is 2.36. The Balaban J connectivity index is 2.34. The maximum Gasteiger partial charge on any atom is 0.328 e. The van der Waals surface area contributed by atoms with Gasteiger partial charge >= 0.3 is 5.97 Å². The molecule has 2 rings (SSSR count). The minimum absolute atomic E-state index is 0.0825. The van der Waals surface area contributed by atoms with E-state index in [9.17, 15) is 19.5 Å². The van der Waals surface area contributed by atoms with E-state index in [0.717, 1.165) is 10.6 Å². The van der Waals surface area contributed by atoms with Crippen LogP contribution >= 0.6 is 0 Å². The molecule has 8 heteroatoms. The predicted molar refractivity (Wildman–Crippen MR) is 72.7 cm³/mol. The van der Waals surface area contributed by atoms with Crippen LogP contribution in [-0.4, -0.2) is 56.7 Å². The van der Waals surface area contributed by atoms with E-state index >= 15 is 0 Å². The van der Waals surface area contributed by atoms with E-state index in [0.29, 0.717) is 18.7 Å². The van der Waals surface area contributed by atoms with Crippen molar-refractivity contribution in [3.8, 4) is 0 Å². The van der Waals surface area contributed by atoms with Gasteiger partial charge in [-0.1, -0.05) is 6.92 Å². The standard InChI is InChI=1S/C13H18N4O4/c1-3-8-5-9(17(4-2)15-8)12(19)16-7-11(18)14-6-10(16)13(20)21/h5,10H,3-4,6-7H2,1-2H3,(H,14,18)(H,20,21). The number of nitrogens with one attached hydrogen (secondary N) is 1. The maximum atomic E-state index is 12.6. The molecule has 1 fully saturated rings. The van der Waals surface area contributed by atoms with Gasteiger partial charge in [0.25, 0.3) is 5.91 Å². The minimum atomic E-state index is -1.14. The Hall–Kier alpha value is -2.38. The molecule has 2 N–H and O–H groups in total. The van der Waals surface area contributed by atoms with Crippen LogP contribution < -0.4 is 5.32 Å². The lowest BCUT2D eigenvalue weighted by atomic mass is 10.1. The molecule has 1 aliphatic heterocycles. The van der Waals surface area contributed by atoms with Gasteiger partial charge in [0, 0.05) is 13.1 Å². The second kappa shape index (κ2) is 5.94. The monoisotopic (exact) mass is 294 g/mol. The Bertz CT molecular complexity index is 581. The number of piperazine rings is 1. The minimum Gasteiger partial charge on any atom is -0.480 e. The summed E-state index contributed by atoms with van der Waals surface area (Å²) in [5.41, 5.74) is 1.07. The second-order valence-electron chi connectivity index (χ2n) is 4.78. The number of hydrogen-bond donors (Lipinski definition) is 2. The summed E-state index contributed by atoms with van der Waals surface area (Å²) in [6.45, 7) is 3.93. The summed E-state index contributed by atoms with van der Waals surface area (Å²) < 4.78 is 1.53. The molecule has 2 heterocycles. The van der Waals surface area contributed by atoms with Crippen LogP contribution in [0.3, 0.4) is 0 Å². The van der Waals surface area contributed by atoms with Gasteiger partial charge in [-0.25, -0.2) is 4.79 Å². The molecule has 1 atom stereocenters. The summed E-state index contributed by atoms with van der Waals surface area (Å²) in [5.74, 6) is -1.98. The number of carbonyl (C=O) groups is 3. The van der Waals surface area contributed by atoms with Crippen LogP contribution in [0.5, 0.6) is 0 Å². The van der Waals surface area contributed by atoms with Gasteiger partial charge < -0.3 is 15.3 Å². The lowest BCUT2D eigenvalue weighted by Crippen LogP contribution is -2.59. The Morgan fingerprint density at radius 3 is 2.76 bits per heavy atom. The van der Waals surface area contributed by atoms with Crippen molar-refractivity contribution in [2.24, 2.45) is 0 Å². The van der Waals surface area contributed by atoms with Crippen LogP contribution in [0.4, 0.5) is 0 Å². The average molecular weight is 294 g/mol. The van der Waals surface area contributed by atoms with E-state index in [1.807, 2.05) is 13.8 Å². The molecule has 21 heavy (non-hydrogen) atoms. The third-order valence-electron chi connectivity index (χ3n) is 3.44. The van der Waals surface area contributed by atoms with Crippen molar-refractivity contribution in [3.63, 3.8) is 0 Å². The summed E-state index contributed by atoms with van der Waals surface area (Å²) in [6.07, 6.45) is 0.677. The second-order valence-corrected chi connectivity index (χ2v) is 4.78. The fourth-order valence-electron chi connectivity index (χ4n) is 2.28. The van der Waals surface area contributed by atoms with Crippen LogP contribution in [0.1, 0.15) is 30.0 Å². The quantitative estimate of drug-likeness (QED) is 0.778. The molecular formula is C13H18N4O4. The first-order valence-electron chi connectivity index (χ1n) is 6.85. The molecular weight excluding hydrogens is 276 g/mol. The summed E-state index contributed by atoms with van der Waals surface area (Å²) in [5, 5.41) is 15.9. The van der Waals surface area contributed by atoms with Crippen LogP contribution in [0.25, 0.3) is 0 Å². The van der Waals surface area contributed by atoms with Crippen LogP contribution in [0.2, 0.25) is 0 Å². The molecule has 0 saturated carbocycles. The lowest BCUT2D eigenvalue weighted by Gasteiger charge is -2.32. The van der Waals surface area contributed by atoms with Gasteiger partial charge in [0.05, 0.1) is 5.69 Å². The zero-order valence-electron chi connectivity index (χ0n) is 12.0. The fourth-order valence-corrected chi connectivity index (χ4v) is 2.28. The van der Waals surface area contributed by atoms with E-state index in [1.165, 1.54) is 4.68 Å². The summed E-state index contributed by atoms with van der Waals surface area (Å²) in [4.78, 5) is 36.4. The molecule has 114 valence electrons. The largest absolute Gasteiger partial charge is 0.480 e. The molecule has 1 saturated heterocycles. The van der Waals surface area contributed by atoms with Gasteiger partial charge in [-0.2, -0.15) is 5.10 Å². The van der Waals surface area contributed by atoms with Gasteiger partial charge in [-0.05, 0) is 19.4 Å². The molecule has 1 aromatic rings. The highest BCUT2D eigenvalue weighted by Crippen LogP contribution is 2.13. The predicted octanol–water partition coefficient (Wildman–Crippen LogP) is -0.509. The maximum absolute atomic E-state index is 12.6. The Morgan fingerprint density at radius 1 is 1.48 bits per heavy atom. The Morgan fingerprint density at radius 2 is 2.19 bits per heavy atom. The number of aryl methyl sites for hydroxylation is 2. The van der Waals surface area contributed by atoms with E-state index in [-0.39, 0.29) is 19.0 Å². The molecule has 0 aliphatic carbocycles. The first-order chi connectivity index (χ1) is 9.97. The Labute approximate surface area is 121 Å². The number of carboxylic acids is 1. The average Bonchev–Trinajstić information content (AvgIpc) is 2.89. The van der Waals surface area contributed by atoms with Gasteiger partial charge in [-0.15, -0.1) is 0 Å². The zero-order valence-corrected chi connectivity index (χ0v) is 12.0. The van der Waals surface area contributed by atoms with Crippen molar-refractivity contribution in [2.45, 2.75) is 32.9 Å². The van der Waals surface area contributed by atoms with Crippen molar-refractivity contribution >= 4 is 17.8 Å². The molecule has 1 aromatic heterocycles. The number of rotatable bonds is 4. The lowest BCUT2D eigenvalue weighted by molar-refractivity contribution is -0.144. The normalized spacial score (nSPS) is 18.5. The summed E-state index contributed by atoms with van der Waals surface area (Å²) >= 11 is 0. The van der Waals surface area contributed by atoms with Crippen LogP contribution in [-0.2, 0) is 22.6 Å². The molecule has 0 radical (unpaired) electrons. The first-order valence-corrected chi connectivity index (χ1v) is 6.85. The molecule has 8 nitrogen and oxygen atoms in total. The number of amides is 2. The van der Waals surface area contributed by atoms with E-state index < -0.39 is 17.9 Å². The molecule has 0 bridgehead atoms. The van der Waals surface area contributed by atoms with Crippen molar-refractivity contribution < 1.29 is 19.5 Å². The molecule has 1 aliphatic rings. The first kappa shape index (κ1) is 15.0. The van der Waals surface area contributed by atoms with Crippen LogP contribution in [0, 0.1) is 0 Å². The number of carboxylic acid groups (broad SMARTS) is 1.